The molecule has 2 heterocycles. The second-order valence-corrected chi connectivity index (χ2v) is 8.00. The Morgan fingerprint density at radius 1 is 1.26 bits per heavy atom. The molecule has 27 heavy (non-hydrogen) atoms. The molecule has 1 aromatic carbocycles. The number of para-hydroxylation sites is 1. The van der Waals surface area contributed by atoms with Crippen molar-refractivity contribution in [2.75, 3.05) is 32.7 Å². The minimum absolute atomic E-state index is 0.175. The molecule has 8 N–H and O–H groups in total. The van der Waals surface area contributed by atoms with Gasteiger partial charge >= 0.3 is 0 Å². The number of nitrogens with one attached hydrogen (secondary N) is 1. The number of phenols is 1. The van der Waals surface area contributed by atoms with Crippen LogP contribution < -0.4 is 22.5 Å². The van der Waals surface area contributed by atoms with Crippen LogP contribution in [0.4, 0.5) is 0 Å². The molecule has 1 saturated carbocycles. The molecule has 4 rings (SSSR count). The van der Waals surface area contributed by atoms with E-state index in [9.17, 15) is 5.11 Å². The van der Waals surface area contributed by atoms with E-state index in [0.717, 1.165) is 57.2 Å². The number of hydrogen-bond acceptors (Lipinski definition) is 7. The summed E-state index contributed by atoms with van der Waals surface area (Å²) in [6.07, 6.45) is 4.19. The van der Waals surface area contributed by atoms with Gasteiger partial charge in [-0.15, -0.1) is 0 Å². The van der Waals surface area contributed by atoms with Crippen LogP contribution in [0.15, 0.2) is 41.9 Å². The van der Waals surface area contributed by atoms with Crippen LogP contribution in [0.3, 0.4) is 0 Å². The zero-order valence-corrected chi connectivity index (χ0v) is 15.6. The Hall–Kier alpha value is -2.38. The Labute approximate surface area is 160 Å². The SMILES string of the molecule is NC1=C(/C=C(\N)c2ccccc2O)N2CCN(CC3CC(N)C3)CC2CN1. The molecule has 0 spiro atoms. The Balaban J connectivity index is 1.47. The molecule has 0 bridgehead atoms. The van der Waals surface area contributed by atoms with Gasteiger partial charge in [-0.05, 0) is 37.0 Å². The summed E-state index contributed by atoms with van der Waals surface area (Å²) in [5, 5.41) is 13.4. The molecule has 0 amide bonds. The van der Waals surface area contributed by atoms with E-state index in [2.05, 4.69) is 15.1 Å². The summed E-state index contributed by atoms with van der Waals surface area (Å²) in [5.74, 6) is 1.57. The first-order chi connectivity index (χ1) is 13.0. The van der Waals surface area contributed by atoms with Crippen molar-refractivity contribution in [2.24, 2.45) is 23.1 Å². The lowest BCUT2D eigenvalue weighted by Crippen LogP contribution is -2.60. The van der Waals surface area contributed by atoms with Crippen LogP contribution in [0, 0.1) is 5.92 Å². The molecule has 1 aliphatic carbocycles. The Kier molecular flexibility index (Phi) is 4.88. The van der Waals surface area contributed by atoms with Crippen molar-refractivity contribution in [1.29, 1.82) is 0 Å². The highest BCUT2D eigenvalue weighted by Gasteiger charge is 2.34. The first kappa shape index (κ1) is 18.0. The third kappa shape index (κ3) is 3.70. The monoisotopic (exact) mass is 370 g/mol. The molecule has 3 aliphatic rings. The highest BCUT2D eigenvalue weighted by atomic mass is 16.3. The van der Waals surface area contributed by atoms with Gasteiger partial charge in [-0.1, -0.05) is 12.1 Å². The van der Waals surface area contributed by atoms with E-state index in [1.54, 1.807) is 12.1 Å². The number of nitrogens with zero attached hydrogens (tertiary/aromatic N) is 2. The predicted octanol–water partition coefficient (Wildman–Crippen LogP) is 0.146. The summed E-state index contributed by atoms with van der Waals surface area (Å²) in [7, 11) is 0. The van der Waals surface area contributed by atoms with Gasteiger partial charge in [0.1, 0.15) is 11.6 Å². The maximum atomic E-state index is 10.1. The predicted molar refractivity (Wildman–Crippen MR) is 107 cm³/mol. The van der Waals surface area contributed by atoms with E-state index in [0.29, 0.717) is 29.2 Å². The van der Waals surface area contributed by atoms with E-state index >= 15 is 0 Å². The molecule has 1 saturated heterocycles. The normalized spacial score (nSPS) is 29.1. The number of aromatic hydroxyl groups is 1. The number of phenolic OH excluding ortho intramolecular Hbond substituents is 1. The fourth-order valence-corrected chi connectivity index (χ4v) is 4.46. The molecule has 0 aromatic heterocycles. The van der Waals surface area contributed by atoms with Crippen molar-refractivity contribution in [2.45, 2.75) is 24.9 Å². The van der Waals surface area contributed by atoms with Crippen LogP contribution >= 0.6 is 0 Å². The van der Waals surface area contributed by atoms with E-state index < -0.39 is 0 Å². The van der Waals surface area contributed by atoms with Crippen LogP contribution in [0.1, 0.15) is 18.4 Å². The molecule has 146 valence electrons. The van der Waals surface area contributed by atoms with Crippen molar-refractivity contribution in [3.63, 3.8) is 0 Å². The number of fused-ring (bicyclic) bond motifs is 1. The third-order valence-corrected chi connectivity index (χ3v) is 5.98. The largest absolute Gasteiger partial charge is 0.507 e. The van der Waals surface area contributed by atoms with Gasteiger partial charge in [-0.25, -0.2) is 0 Å². The van der Waals surface area contributed by atoms with Crippen LogP contribution in [0.25, 0.3) is 5.70 Å². The average Bonchev–Trinajstić information content (AvgIpc) is 2.63. The van der Waals surface area contributed by atoms with E-state index in [1.165, 1.54) is 0 Å². The Bertz CT molecular complexity index is 755. The van der Waals surface area contributed by atoms with Gasteiger partial charge in [-0.3, -0.25) is 4.90 Å². The molecular weight excluding hydrogens is 340 g/mol. The van der Waals surface area contributed by atoms with Crippen LogP contribution in [-0.4, -0.2) is 59.7 Å². The molecule has 7 heteroatoms. The van der Waals surface area contributed by atoms with Gasteiger partial charge in [-0.2, -0.15) is 0 Å². The maximum absolute atomic E-state index is 10.1. The Morgan fingerprint density at radius 3 is 2.78 bits per heavy atom. The van der Waals surface area contributed by atoms with Crippen molar-refractivity contribution >= 4 is 5.70 Å². The molecule has 1 aromatic rings. The number of piperazine rings is 1. The molecular formula is C20H30N6O. The lowest BCUT2D eigenvalue weighted by Gasteiger charge is -2.48. The highest BCUT2D eigenvalue weighted by molar-refractivity contribution is 5.70. The van der Waals surface area contributed by atoms with E-state index in [4.69, 9.17) is 17.2 Å². The van der Waals surface area contributed by atoms with Crippen LogP contribution in [-0.2, 0) is 0 Å². The highest BCUT2D eigenvalue weighted by Crippen LogP contribution is 2.29. The average molecular weight is 371 g/mol. The second-order valence-electron chi connectivity index (χ2n) is 8.00. The lowest BCUT2D eigenvalue weighted by atomic mass is 9.80. The van der Waals surface area contributed by atoms with E-state index in [-0.39, 0.29) is 5.75 Å². The number of benzene rings is 1. The fraction of sp³-hybridized carbons (Fsp3) is 0.500. The standard InChI is InChI=1S/C20H30N6O/c21-14-7-13(8-14)11-25-5-6-26-15(12-25)10-24-20(23)18(26)9-17(22)16-3-1-2-4-19(16)27/h1-4,9,13-15,24,27H,5-8,10-12,21-23H2/b17-9-. The number of rotatable bonds is 4. The fourth-order valence-electron chi connectivity index (χ4n) is 4.46. The summed E-state index contributed by atoms with van der Waals surface area (Å²) in [5.41, 5.74) is 20.5. The zero-order chi connectivity index (χ0) is 19.0. The van der Waals surface area contributed by atoms with Gasteiger partial charge in [0.2, 0.25) is 0 Å². The van der Waals surface area contributed by atoms with Crippen molar-refractivity contribution < 1.29 is 5.11 Å². The molecule has 2 aliphatic heterocycles. The molecule has 0 radical (unpaired) electrons. The van der Waals surface area contributed by atoms with Gasteiger partial charge in [0.25, 0.3) is 0 Å². The molecule has 2 fully saturated rings. The minimum atomic E-state index is 0.175. The maximum Gasteiger partial charge on any atom is 0.124 e. The summed E-state index contributed by atoms with van der Waals surface area (Å²) in [6, 6.07) is 7.87. The lowest BCUT2D eigenvalue weighted by molar-refractivity contribution is 0.0674. The van der Waals surface area contributed by atoms with E-state index in [1.807, 2.05) is 18.2 Å². The number of nitrogens with two attached hydrogens (primary N) is 3. The quantitative estimate of drug-likeness (QED) is 0.512. The van der Waals surface area contributed by atoms with Crippen molar-refractivity contribution in [3.05, 3.63) is 47.4 Å². The topological polar surface area (TPSA) is 117 Å². The smallest absolute Gasteiger partial charge is 0.124 e. The number of hydrogen-bond donors (Lipinski definition) is 5. The van der Waals surface area contributed by atoms with Gasteiger partial charge < -0.3 is 32.5 Å². The van der Waals surface area contributed by atoms with Crippen molar-refractivity contribution in [1.82, 2.24) is 15.1 Å². The first-order valence-corrected chi connectivity index (χ1v) is 9.75. The summed E-state index contributed by atoms with van der Waals surface area (Å²) in [6.45, 7) is 4.93. The summed E-state index contributed by atoms with van der Waals surface area (Å²) < 4.78 is 0. The molecule has 7 nitrogen and oxygen atoms in total. The zero-order valence-electron chi connectivity index (χ0n) is 15.6. The van der Waals surface area contributed by atoms with Gasteiger partial charge in [0.05, 0.1) is 11.7 Å². The van der Waals surface area contributed by atoms with Crippen LogP contribution in [0.2, 0.25) is 0 Å². The van der Waals surface area contributed by atoms with Gasteiger partial charge in [0, 0.05) is 50.0 Å². The molecule has 1 unspecified atom stereocenters. The van der Waals surface area contributed by atoms with Gasteiger partial charge in [0.15, 0.2) is 0 Å². The second kappa shape index (κ2) is 7.32. The first-order valence-electron chi connectivity index (χ1n) is 9.75. The summed E-state index contributed by atoms with van der Waals surface area (Å²) in [4.78, 5) is 4.90. The third-order valence-electron chi connectivity index (χ3n) is 5.98. The minimum Gasteiger partial charge on any atom is -0.507 e. The molecule has 1 atom stereocenters. The van der Waals surface area contributed by atoms with Crippen molar-refractivity contribution in [3.8, 4) is 5.75 Å². The Morgan fingerprint density at radius 2 is 2.04 bits per heavy atom. The summed E-state index contributed by atoms with van der Waals surface area (Å²) >= 11 is 0. The number of allylic oxidation sites excluding steroid dienone is 1. The van der Waals surface area contributed by atoms with Crippen LogP contribution in [0.5, 0.6) is 5.75 Å².